The average Bonchev–Trinajstić information content (AvgIpc) is 2.86. The van der Waals surface area contributed by atoms with E-state index < -0.39 is 0 Å². The molecule has 0 saturated heterocycles. The third-order valence-corrected chi connectivity index (χ3v) is 3.86. The first-order valence-electron chi connectivity index (χ1n) is 6.78. The van der Waals surface area contributed by atoms with Crippen LogP contribution >= 0.6 is 11.6 Å². The zero-order valence-electron chi connectivity index (χ0n) is 11.4. The predicted molar refractivity (Wildman–Crippen MR) is 86.6 cm³/mol. The number of fused-ring (bicyclic) bond motifs is 1. The fourth-order valence-electron chi connectivity index (χ4n) is 2.48. The maximum absolute atomic E-state index is 6.28. The van der Waals surface area contributed by atoms with Crippen LogP contribution in [0.5, 0.6) is 0 Å². The van der Waals surface area contributed by atoms with Crippen LogP contribution in [0.25, 0.3) is 10.9 Å². The summed E-state index contributed by atoms with van der Waals surface area (Å²) in [4.78, 5) is 0. The molecule has 0 atom stereocenters. The quantitative estimate of drug-likeness (QED) is 0.734. The van der Waals surface area contributed by atoms with Crippen LogP contribution in [0, 0.1) is 6.92 Å². The van der Waals surface area contributed by atoms with Gasteiger partial charge in [-0.25, -0.2) is 0 Å². The molecule has 102 valence electrons. The zero-order valence-corrected chi connectivity index (χ0v) is 12.2. The SMILES string of the molecule is Cc1ccccc1NCCn1ccc2cccc(Cl)c21. The van der Waals surface area contributed by atoms with Gasteiger partial charge in [0.1, 0.15) is 0 Å². The maximum Gasteiger partial charge on any atom is 0.0670 e. The summed E-state index contributed by atoms with van der Waals surface area (Å²) < 4.78 is 2.20. The third kappa shape index (κ3) is 2.52. The Morgan fingerprint density at radius 2 is 1.90 bits per heavy atom. The van der Waals surface area contributed by atoms with E-state index in [-0.39, 0.29) is 0 Å². The van der Waals surface area contributed by atoms with Gasteiger partial charge in [0.15, 0.2) is 0 Å². The van der Waals surface area contributed by atoms with Crippen molar-refractivity contribution in [1.29, 1.82) is 0 Å². The van der Waals surface area contributed by atoms with E-state index in [1.165, 1.54) is 16.6 Å². The highest BCUT2D eigenvalue weighted by Gasteiger charge is 2.04. The Labute approximate surface area is 124 Å². The molecule has 3 aromatic rings. The smallest absolute Gasteiger partial charge is 0.0670 e. The normalized spacial score (nSPS) is 10.9. The first-order chi connectivity index (χ1) is 9.75. The van der Waals surface area contributed by atoms with E-state index in [1.807, 2.05) is 12.1 Å². The van der Waals surface area contributed by atoms with Gasteiger partial charge in [0.25, 0.3) is 0 Å². The van der Waals surface area contributed by atoms with Gasteiger partial charge in [0.05, 0.1) is 10.5 Å². The minimum atomic E-state index is 0.809. The largest absolute Gasteiger partial charge is 0.383 e. The van der Waals surface area contributed by atoms with Gasteiger partial charge in [-0.05, 0) is 30.7 Å². The van der Waals surface area contributed by atoms with Gasteiger partial charge in [-0.2, -0.15) is 0 Å². The van der Waals surface area contributed by atoms with Gasteiger partial charge in [0, 0.05) is 30.4 Å². The summed E-state index contributed by atoms with van der Waals surface area (Å²) in [6.45, 7) is 3.88. The Morgan fingerprint density at radius 1 is 1.05 bits per heavy atom. The first-order valence-corrected chi connectivity index (χ1v) is 7.16. The van der Waals surface area contributed by atoms with Crippen LogP contribution in [0.15, 0.2) is 54.7 Å². The van der Waals surface area contributed by atoms with Crippen molar-refractivity contribution >= 4 is 28.2 Å². The molecule has 1 heterocycles. The molecule has 0 amide bonds. The number of nitrogens with one attached hydrogen (secondary N) is 1. The molecule has 0 fully saturated rings. The second-order valence-electron chi connectivity index (χ2n) is 4.93. The molecule has 0 bridgehead atoms. The molecule has 0 aliphatic rings. The van der Waals surface area contributed by atoms with Crippen LogP contribution in [0.1, 0.15) is 5.56 Å². The van der Waals surface area contributed by atoms with Crippen molar-refractivity contribution < 1.29 is 0 Å². The van der Waals surface area contributed by atoms with Crippen LogP contribution in [0.4, 0.5) is 5.69 Å². The molecule has 1 aromatic heterocycles. The van der Waals surface area contributed by atoms with Gasteiger partial charge >= 0.3 is 0 Å². The fourth-order valence-corrected chi connectivity index (χ4v) is 2.77. The van der Waals surface area contributed by atoms with Crippen molar-refractivity contribution in [3.8, 4) is 0 Å². The van der Waals surface area contributed by atoms with E-state index in [0.29, 0.717) is 0 Å². The van der Waals surface area contributed by atoms with Crippen LogP contribution < -0.4 is 5.32 Å². The number of hydrogen-bond acceptors (Lipinski definition) is 1. The summed E-state index contributed by atoms with van der Waals surface area (Å²) in [6.07, 6.45) is 2.09. The van der Waals surface area contributed by atoms with E-state index >= 15 is 0 Å². The zero-order chi connectivity index (χ0) is 13.9. The molecular formula is C17H17ClN2. The molecule has 0 aliphatic carbocycles. The second kappa shape index (κ2) is 5.59. The van der Waals surface area contributed by atoms with E-state index in [1.54, 1.807) is 0 Å². The van der Waals surface area contributed by atoms with E-state index in [9.17, 15) is 0 Å². The highest BCUT2D eigenvalue weighted by atomic mass is 35.5. The Hall–Kier alpha value is -1.93. The lowest BCUT2D eigenvalue weighted by Gasteiger charge is -2.11. The average molecular weight is 285 g/mol. The molecule has 1 N–H and O–H groups in total. The summed E-state index contributed by atoms with van der Waals surface area (Å²) in [5.74, 6) is 0. The number of aromatic nitrogens is 1. The number of aryl methyl sites for hydroxylation is 1. The molecule has 0 saturated carbocycles. The van der Waals surface area contributed by atoms with Crippen molar-refractivity contribution in [2.45, 2.75) is 13.5 Å². The minimum Gasteiger partial charge on any atom is -0.383 e. The Kier molecular flexibility index (Phi) is 3.66. The van der Waals surface area contributed by atoms with Gasteiger partial charge in [-0.15, -0.1) is 0 Å². The molecule has 2 nitrogen and oxygen atoms in total. The highest BCUT2D eigenvalue weighted by Crippen LogP contribution is 2.24. The second-order valence-corrected chi connectivity index (χ2v) is 5.34. The number of hydrogen-bond donors (Lipinski definition) is 1. The number of rotatable bonds is 4. The molecule has 0 spiro atoms. The van der Waals surface area contributed by atoms with Crippen molar-refractivity contribution in [2.75, 3.05) is 11.9 Å². The Morgan fingerprint density at radius 3 is 2.75 bits per heavy atom. The molecular weight excluding hydrogens is 268 g/mol. The number of benzene rings is 2. The highest BCUT2D eigenvalue weighted by molar-refractivity contribution is 6.35. The number of anilines is 1. The van der Waals surface area contributed by atoms with Crippen LogP contribution in [-0.2, 0) is 6.54 Å². The minimum absolute atomic E-state index is 0.809. The van der Waals surface area contributed by atoms with Crippen molar-refractivity contribution in [3.05, 3.63) is 65.3 Å². The van der Waals surface area contributed by atoms with Crippen LogP contribution in [0.3, 0.4) is 0 Å². The van der Waals surface area contributed by atoms with Gasteiger partial charge in [-0.1, -0.05) is 41.9 Å². The summed E-state index contributed by atoms with van der Waals surface area (Å²) in [6, 6.07) is 16.5. The number of para-hydroxylation sites is 2. The van der Waals surface area contributed by atoms with Crippen molar-refractivity contribution in [2.24, 2.45) is 0 Å². The molecule has 3 rings (SSSR count). The number of nitrogens with zero attached hydrogens (tertiary/aromatic N) is 1. The molecule has 0 radical (unpaired) electrons. The van der Waals surface area contributed by atoms with Gasteiger partial charge < -0.3 is 9.88 Å². The topological polar surface area (TPSA) is 17.0 Å². The predicted octanol–water partition coefficient (Wildman–Crippen LogP) is 4.72. The van der Waals surface area contributed by atoms with Crippen molar-refractivity contribution in [1.82, 2.24) is 4.57 Å². The maximum atomic E-state index is 6.28. The van der Waals surface area contributed by atoms with E-state index in [2.05, 4.69) is 59.4 Å². The lowest BCUT2D eigenvalue weighted by atomic mass is 10.2. The van der Waals surface area contributed by atoms with Crippen LogP contribution in [-0.4, -0.2) is 11.1 Å². The summed E-state index contributed by atoms with van der Waals surface area (Å²) >= 11 is 6.28. The summed E-state index contributed by atoms with van der Waals surface area (Å²) in [5, 5.41) is 5.47. The lowest BCUT2D eigenvalue weighted by molar-refractivity contribution is 0.757. The van der Waals surface area contributed by atoms with E-state index in [4.69, 9.17) is 11.6 Å². The van der Waals surface area contributed by atoms with E-state index in [0.717, 1.165) is 23.6 Å². The molecule has 2 aromatic carbocycles. The van der Waals surface area contributed by atoms with Crippen molar-refractivity contribution in [3.63, 3.8) is 0 Å². The Balaban J connectivity index is 1.73. The summed E-state index contributed by atoms with van der Waals surface area (Å²) in [7, 11) is 0. The van der Waals surface area contributed by atoms with Crippen LogP contribution in [0.2, 0.25) is 5.02 Å². The lowest BCUT2D eigenvalue weighted by Crippen LogP contribution is -2.10. The molecule has 0 unspecified atom stereocenters. The first kappa shape index (κ1) is 13.1. The fraction of sp³-hybridized carbons (Fsp3) is 0.176. The molecule has 0 aliphatic heterocycles. The van der Waals surface area contributed by atoms with Gasteiger partial charge in [-0.3, -0.25) is 0 Å². The molecule has 20 heavy (non-hydrogen) atoms. The van der Waals surface area contributed by atoms with Gasteiger partial charge in [0.2, 0.25) is 0 Å². The monoisotopic (exact) mass is 284 g/mol. The number of halogens is 1. The summed E-state index contributed by atoms with van der Waals surface area (Å²) in [5.41, 5.74) is 3.57. The Bertz CT molecular complexity index is 731. The standard InChI is InChI=1S/C17H17ClN2/c1-13-5-2-3-8-16(13)19-10-12-20-11-9-14-6-4-7-15(18)17(14)20/h2-9,11,19H,10,12H2,1H3. The molecule has 3 heteroatoms. The third-order valence-electron chi connectivity index (χ3n) is 3.55.